The summed E-state index contributed by atoms with van der Waals surface area (Å²) in [6, 6.07) is 4.17. The van der Waals surface area contributed by atoms with E-state index in [0.29, 0.717) is 12.4 Å². The van der Waals surface area contributed by atoms with Crippen LogP contribution in [0.1, 0.15) is 37.0 Å². The number of hydrogen-bond acceptors (Lipinski definition) is 4. The van der Waals surface area contributed by atoms with E-state index in [2.05, 4.69) is 0 Å². The smallest absolute Gasteiger partial charge is 0.269 e. The number of ether oxygens (including phenoxy) is 2. The van der Waals surface area contributed by atoms with Crippen LogP contribution in [-0.4, -0.2) is 19.1 Å². The molecule has 0 unspecified atom stereocenters. The molecule has 10 heteroatoms. The summed E-state index contributed by atoms with van der Waals surface area (Å²) >= 11 is 0. The molecular formula is C19H19F5N2O3. The molecule has 0 saturated heterocycles. The van der Waals surface area contributed by atoms with Gasteiger partial charge in [0.1, 0.15) is 5.69 Å². The van der Waals surface area contributed by atoms with Gasteiger partial charge in [0.05, 0.1) is 13.2 Å². The molecule has 0 aromatic heterocycles. The molecule has 2 rings (SSSR count). The quantitative estimate of drug-likeness (QED) is 0.204. The first-order chi connectivity index (χ1) is 13.8. The molecule has 0 atom stereocenters. The lowest BCUT2D eigenvalue weighted by Gasteiger charge is -2.14. The Bertz CT molecular complexity index is 864. The van der Waals surface area contributed by atoms with Gasteiger partial charge in [-0.15, -0.1) is 0 Å². The maximum Gasteiger partial charge on any atom is 0.269 e. The van der Waals surface area contributed by atoms with Crippen molar-refractivity contribution in [2.75, 3.05) is 18.6 Å². The van der Waals surface area contributed by atoms with Crippen molar-refractivity contribution in [3.8, 4) is 11.5 Å². The molecule has 0 fully saturated rings. The zero-order valence-electron chi connectivity index (χ0n) is 15.7. The lowest BCUT2D eigenvalue weighted by molar-refractivity contribution is 0.0961. The van der Waals surface area contributed by atoms with E-state index in [-0.39, 0.29) is 17.9 Å². The summed E-state index contributed by atoms with van der Waals surface area (Å²) in [6.45, 7) is 4.47. The molecule has 0 aliphatic heterocycles. The van der Waals surface area contributed by atoms with Crippen LogP contribution in [0.3, 0.4) is 0 Å². The Balaban J connectivity index is 2.18. The molecule has 158 valence electrons. The summed E-state index contributed by atoms with van der Waals surface area (Å²) in [5.41, 5.74) is 2.25. The number of hydrogen-bond donors (Lipinski definition) is 2. The van der Waals surface area contributed by atoms with Crippen LogP contribution in [0.25, 0.3) is 0 Å². The lowest BCUT2D eigenvalue weighted by atomic mass is 10.2. The van der Waals surface area contributed by atoms with E-state index in [0.717, 1.165) is 12.8 Å². The van der Waals surface area contributed by atoms with Gasteiger partial charge in [0.25, 0.3) is 5.91 Å². The third-order valence-corrected chi connectivity index (χ3v) is 3.77. The van der Waals surface area contributed by atoms with Gasteiger partial charge in [-0.3, -0.25) is 15.6 Å². The maximum atomic E-state index is 13.6. The Morgan fingerprint density at radius 1 is 0.897 bits per heavy atom. The second kappa shape index (κ2) is 9.94. The molecule has 0 bridgehead atoms. The molecule has 29 heavy (non-hydrogen) atoms. The summed E-state index contributed by atoms with van der Waals surface area (Å²) < 4.78 is 77.8. The maximum absolute atomic E-state index is 13.6. The number of nitrogens with one attached hydrogen (secondary N) is 2. The Morgan fingerprint density at radius 3 is 2.10 bits per heavy atom. The topological polar surface area (TPSA) is 59.6 Å². The Labute approximate surface area is 163 Å². The van der Waals surface area contributed by atoms with Gasteiger partial charge in [-0.25, -0.2) is 22.0 Å². The van der Waals surface area contributed by atoms with E-state index >= 15 is 0 Å². The van der Waals surface area contributed by atoms with Crippen LogP contribution in [0.15, 0.2) is 18.2 Å². The van der Waals surface area contributed by atoms with Crippen LogP contribution >= 0.6 is 0 Å². The molecule has 2 N–H and O–H groups in total. The van der Waals surface area contributed by atoms with Crippen LogP contribution in [0.5, 0.6) is 11.5 Å². The Morgan fingerprint density at radius 2 is 1.52 bits per heavy atom. The van der Waals surface area contributed by atoms with E-state index < -0.39 is 40.7 Å². The van der Waals surface area contributed by atoms with E-state index in [1.807, 2.05) is 12.3 Å². The van der Waals surface area contributed by atoms with Gasteiger partial charge < -0.3 is 9.47 Å². The summed E-state index contributed by atoms with van der Waals surface area (Å²) in [6.07, 6.45) is 1.74. The van der Waals surface area contributed by atoms with Crippen LogP contribution < -0.4 is 20.3 Å². The van der Waals surface area contributed by atoms with Gasteiger partial charge >= 0.3 is 0 Å². The molecule has 0 aliphatic rings. The van der Waals surface area contributed by atoms with Gasteiger partial charge in [0, 0.05) is 5.56 Å². The molecule has 2 aromatic rings. The van der Waals surface area contributed by atoms with E-state index in [1.165, 1.54) is 18.2 Å². The summed E-state index contributed by atoms with van der Waals surface area (Å²) in [5, 5.41) is 0. The highest BCUT2D eigenvalue weighted by atomic mass is 19.2. The normalized spacial score (nSPS) is 10.6. The van der Waals surface area contributed by atoms with Crippen molar-refractivity contribution < 1.29 is 36.2 Å². The van der Waals surface area contributed by atoms with Crippen LogP contribution in [0.2, 0.25) is 0 Å². The number of hydrazine groups is 1. The highest BCUT2D eigenvalue weighted by Gasteiger charge is 2.26. The minimum Gasteiger partial charge on any atom is -0.490 e. The molecule has 5 nitrogen and oxygen atoms in total. The van der Waals surface area contributed by atoms with Gasteiger partial charge in [0.2, 0.25) is 5.82 Å². The first kappa shape index (κ1) is 22.3. The monoisotopic (exact) mass is 418 g/mol. The summed E-state index contributed by atoms with van der Waals surface area (Å²) in [4.78, 5) is 12.2. The second-order valence-corrected chi connectivity index (χ2v) is 5.82. The Hall–Kier alpha value is -3.04. The van der Waals surface area contributed by atoms with Crippen molar-refractivity contribution in [3.63, 3.8) is 0 Å². The minimum atomic E-state index is -2.29. The second-order valence-electron chi connectivity index (χ2n) is 5.82. The van der Waals surface area contributed by atoms with Crippen LogP contribution in [0, 0.1) is 29.1 Å². The molecule has 0 heterocycles. The highest BCUT2D eigenvalue weighted by Crippen LogP contribution is 2.29. The number of unbranched alkanes of at least 4 members (excludes halogenated alkanes) is 1. The van der Waals surface area contributed by atoms with E-state index in [4.69, 9.17) is 9.47 Å². The molecule has 0 saturated carbocycles. The number of carbonyl (C=O) groups is 1. The average molecular weight is 418 g/mol. The van der Waals surface area contributed by atoms with Crippen molar-refractivity contribution in [1.29, 1.82) is 0 Å². The summed E-state index contributed by atoms with van der Waals surface area (Å²) in [5.74, 6) is -11.0. The van der Waals surface area contributed by atoms with Gasteiger partial charge in [-0.2, -0.15) is 0 Å². The van der Waals surface area contributed by atoms with Crippen molar-refractivity contribution >= 4 is 11.6 Å². The molecule has 0 radical (unpaired) electrons. The van der Waals surface area contributed by atoms with Gasteiger partial charge in [0.15, 0.2) is 34.8 Å². The number of halogens is 5. The first-order valence-electron chi connectivity index (χ1n) is 8.79. The van der Waals surface area contributed by atoms with E-state index in [1.54, 1.807) is 12.3 Å². The molecule has 1 amide bonds. The molecule has 0 spiro atoms. The third kappa shape index (κ3) is 5.07. The zero-order chi connectivity index (χ0) is 21.6. The standard InChI is InChI=1S/C19H19F5N2O3/c1-3-5-8-29-11-7-6-10(9-12(11)28-4-2)19(27)26-25-18-16(23)14(21)13(20)15(22)17(18)24/h6-7,9,25H,3-5,8H2,1-2H3,(H,26,27). The lowest BCUT2D eigenvalue weighted by Crippen LogP contribution is -2.31. The predicted octanol–water partition coefficient (Wildman–Crippen LogP) is 4.72. The number of benzene rings is 2. The van der Waals surface area contributed by atoms with Gasteiger partial charge in [-0.05, 0) is 31.5 Å². The highest BCUT2D eigenvalue weighted by molar-refractivity contribution is 5.95. The number of amides is 1. The molecule has 2 aromatic carbocycles. The number of rotatable bonds is 9. The molecule has 0 aliphatic carbocycles. The zero-order valence-corrected chi connectivity index (χ0v) is 15.7. The van der Waals surface area contributed by atoms with E-state index in [9.17, 15) is 26.7 Å². The molecular weight excluding hydrogens is 399 g/mol. The van der Waals surface area contributed by atoms with Gasteiger partial charge in [-0.1, -0.05) is 13.3 Å². The fourth-order valence-corrected chi connectivity index (χ4v) is 2.27. The Kier molecular flexibility index (Phi) is 7.63. The van der Waals surface area contributed by atoms with Crippen molar-refractivity contribution in [2.24, 2.45) is 0 Å². The first-order valence-corrected chi connectivity index (χ1v) is 8.79. The minimum absolute atomic E-state index is 0.00710. The predicted molar refractivity (Wildman–Crippen MR) is 95.3 cm³/mol. The van der Waals surface area contributed by atoms with Crippen molar-refractivity contribution in [1.82, 2.24) is 5.43 Å². The van der Waals surface area contributed by atoms with Crippen LogP contribution in [-0.2, 0) is 0 Å². The number of anilines is 1. The van der Waals surface area contributed by atoms with Crippen molar-refractivity contribution in [2.45, 2.75) is 26.7 Å². The van der Waals surface area contributed by atoms with Crippen molar-refractivity contribution in [3.05, 3.63) is 52.8 Å². The summed E-state index contributed by atoms with van der Waals surface area (Å²) in [7, 11) is 0. The van der Waals surface area contributed by atoms with Crippen LogP contribution in [0.4, 0.5) is 27.6 Å². The average Bonchev–Trinajstić information content (AvgIpc) is 2.72. The third-order valence-electron chi connectivity index (χ3n) is 3.77. The fourth-order valence-electron chi connectivity index (χ4n) is 2.27. The largest absolute Gasteiger partial charge is 0.490 e. The SMILES string of the molecule is CCCCOc1ccc(C(=O)NNc2c(F)c(F)c(F)c(F)c2F)cc1OCC. The fraction of sp³-hybridized carbons (Fsp3) is 0.316. The number of carbonyl (C=O) groups excluding carboxylic acids is 1.